The van der Waals surface area contributed by atoms with E-state index >= 15 is 0 Å². The first-order valence-electron chi connectivity index (χ1n) is 6.35. The SMILES string of the molecule is COc1cc(Cn2c(=S)[nH]c3ccc(C)cc32)ccn1. The first-order chi connectivity index (χ1) is 9.67. The number of nitrogens with zero attached hydrogens (tertiary/aromatic N) is 2. The molecule has 5 heteroatoms. The van der Waals surface area contributed by atoms with E-state index in [-0.39, 0.29) is 0 Å². The van der Waals surface area contributed by atoms with Crippen molar-refractivity contribution in [2.75, 3.05) is 7.11 Å². The van der Waals surface area contributed by atoms with Crippen LogP contribution in [0.5, 0.6) is 5.88 Å². The van der Waals surface area contributed by atoms with Crippen molar-refractivity contribution in [3.63, 3.8) is 0 Å². The van der Waals surface area contributed by atoms with Crippen LogP contribution in [0.25, 0.3) is 11.0 Å². The van der Waals surface area contributed by atoms with Crippen LogP contribution in [0.1, 0.15) is 11.1 Å². The number of H-pyrrole nitrogens is 1. The zero-order chi connectivity index (χ0) is 14.1. The fourth-order valence-corrected chi connectivity index (χ4v) is 2.54. The molecule has 0 aliphatic heterocycles. The number of pyridine rings is 1. The Kier molecular flexibility index (Phi) is 3.28. The molecular weight excluding hydrogens is 270 g/mol. The topological polar surface area (TPSA) is 42.8 Å². The van der Waals surface area contributed by atoms with Crippen LogP contribution in [0.2, 0.25) is 0 Å². The lowest BCUT2D eigenvalue weighted by Crippen LogP contribution is -2.00. The summed E-state index contributed by atoms with van der Waals surface area (Å²) in [5, 5.41) is 0. The minimum absolute atomic E-state index is 0.616. The monoisotopic (exact) mass is 285 g/mol. The third-order valence-electron chi connectivity index (χ3n) is 3.28. The summed E-state index contributed by atoms with van der Waals surface area (Å²) in [6, 6.07) is 10.2. The van der Waals surface area contributed by atoms with Crippen LogP contribution in [-0.4, -0.2) is 21.6 Å². The number of hydrogen-bond acceptors (Lipinski definition) is 3. The van der Waals surface area contributed by atoms with Crippen molar-refractivity contribution >= 4 is 23.3 Å². The third-order valence-corrected chi connectivity index (χ3v) is 3.60. The Morgan fingerprint density at radius 1 is 1.30 bits per heavy atom. The van der Waals surface area contributed by atoms with Crippen molar-refractivity contribution in [1.82, 2.24) is 14.5 Å². The average molecular weight is 285 g/mol. The predicted octanol–water partition coefficient (Wildman–Crippen LogP) is 3.46. The molecule has 3 rings (SSSR count). The van der Waals surface area contributed by atoms with Gasteiger partial charge in [0.25, 0.3) is 0 Å². The van der Waals surface area contributed by atoms with Crippen molar-refractivity contribution in [3.8, 4) is 5.88 Å². The van der Waals surface area contributed by atoms with Gasteiger partial charge in [0.1, 0.15) is 0 Å². The highest BCUT2D eigenvalue weighted by Crippen LogP contribution is 2.18. The molecule has 0 atom stereocenters. The van der Waals surface area contributed by atoms with Gasteiger partial charge >= 0.3 is 0 Å². The van der Waals surface area contributed by atoms with Crippen LogP contribution in [0, 0.1) is 11.7 Å². The predicted molar refractivity (Wildman–Crippen MR) is 81.8 cm³/mol. The molecule has 0 unspecified atom stereocenters. The number of benzene rings is 1. The summed E-state index contributed by atoms with van der Waals surface area (Å²) in [4.78, 5) is 7.35. The number of fused-ring (bicyclic) bond motifs is 1. The molecule has 102 valence electrons. The average Bonchev–Trinajstić information content (AvgIpc) is 2.75. The van der Waals surface area contributed by atoms with Crippen molar-refractivity contribution < 1.29 is 4.74 Å². The fourth-order valence-electron chi connectivity index (χ4n) is 2.26. The van der Waals surface area contributed by atoms with Gasteiger partial charge in [0.05, 0.1) is 24.7 Å². The molecule has 20 heavy (non-hydrogen) atoms. The molecule has 0 radical (unpaired) electrons. The number of aromatic nitrogens is 3. The second kappa shape index (κ2) is 5.09. The van der Waals surface area contributed by atoms with Gasteiger partial charge in [-0.05, 0) is 48.5 Å². The Bertz CT molecular complexity index is 819. The molecular formula is C15H15N3OS. The summed E-state index contributed by atoms with van der Waals surface area (Å²) in [5.41, 5.74) is 4.50. The largest absolute Gasteiger partial charge is 0.481 e. The standard InChI is InChI=1S/C15H15N3OS/c1-10-3-4-12-13(7-10)18(15(20)17-12)9-11-5-6-16-14(8-11)19-2/h3-8H,9H2,1-2H3,(H,17,20). The van der Waals surface area contributed by atoms with Gasteiger partial charge in [-0.2, -0.15) is 0 Å². The number of rotatable bonds is 3. The van der Waals surface area contributed by atoms with Gasteiger partial charge in [-0.3, -0.25) is 0 Å². The van der Waals surface area contributed by atoms with Crippen molar-refractivity contribution in [1.29, 1.82) is 0 Å². The van der Waals surface area contributed by atoms with Crippen LogP contribution in [0.3, 0.4) is 0 Å². The highest BCUT2D eigenvalue weighted by atomic mass is 32.1. The summed E-state index contributed by atoms with van der Waals surface area (Å²) in [6.45, 7) is 2.77. The number of ether oxygens (including phenoxy) is 1. The Labute approximate surface area is 122 Å². The van der Waals surface area contributed by atoms with E-state index in [1.165, 1.54) is 5.56 Å². The number of imidazole rings is 1. The van der Waals surface area contributed by atoms with E-state index in [1.54, 1.807) is 13.3 Å². The van der Waals surface area contributed by atoms with Gasteiger partial charge in [-0.1, -0.05) is 6.07 Å². The second-order valence-corrected chi connectivity index (χ2v) is 5.13. The normalized spacial score (nSPS) is 10.9. The van der Waals surface area contributed by atoms with Crippen molar-refractivity contribution in [2.24, 2.45) is 0 Å². The highest BCUT2D eigenvalue weighted by molar-refractivity contribution is 7.71. The molecule has 0 fully saturated rings. The lowest BCUT2D eigenvalue weighted by molar-refractivity contribution is 0.397. The molecule has 1 N–H and O–H groups in total. The lowest BCUT2D eigenvalue weighted by Gasteiger charge is -2.06. The van der Waals surface area contributed by atoms with Crippen LogP contribution >= 0.6 is 12.2 Å². The van der Waals surface area contributed by atoms with Gasteiger partial charge in [0.15, 0.2) is 4.77 Å². The van der Waals surface area contributed by atoms with Crippen LogP contribution < -0.4 is 4.74 Å². The summed E-state index contributed by atoms with van der Waals surface area (Å²) >= 11 is 5.42. The summed E-state index contributed by atoms with van der Waals surface area (Å²) < 4.78 is 7.97. The Balaban J connectivity index is 2.07. The smallest absolute Gasteiger partial charge is 0.213 e. The molecule has 0 saturated carbocycles. The molecule has 0 spiro atoms. The van der Waals surface area contributed by atoms with Crippen LogP contribution in [0.15, 0.2) is 36.5 Å². The summed E-state index contributed by atoms with van der Waals surface area (Å²) in [6.07, 6.45) is 1.75. The highest BCUT2D eigenvalue weighted by Gasteiger charge is 2.06. The maximum absolute atomic E-state index is 5.42. The third kappa shape index (κ3) is 2.32. The second-order valence-electron chi connectivity index (χ2n) is 4.74. The maximum Gasteiger partial charge on any atom is 0.213 e. The number of methoxy groups -OCH3 is 1. The van der Waals surface area contributed by atoms with E-state index in [1.807, 2.05) is 12.1 Å². The zero-order valence-corrected chi connectivity index (χ0v) is 12.2. The molecule has 0 aliphatic rings. The molecule has 0 aliphatic carbocycles. The fraction of sp³-hybridized carbons (Fsp3) is 0.200. The molecule has 4 nitrogen and oxygen atoms in total. The molecule has 2 heterocycles. The quantitative estimate of drug-likeness (QED) is 0.749. The molecule has 3 aromatic rings. The first-order valence-corrected chi connectivity index (χ1v) is 6.76. The van der Waals surface area contributed by atoms with Crippen molar-refractivity contribution in [3.05, 3.63) is 52.4 Å². The number of aromatic amines is 1. The number of aryl methyl sites for hydroxylation is 1. The van der Waals surface area contributed by atoms with Crippen LogP contribution in [-0.2, 0) is 6.54 Å². The van der Waals surface area contributed by atoms with E-state index in [0.717, 1.165) is 21.4 Å². The van der Waals surface area contributed by atoms with Gasteiger partial charge in [0, 0.05) is 12.3 Å². The molecule has 2 aromatic heterocycles. The van der Waals surface area contributed by atoms with E-state index in [2.05, 4.69) is 39.7 Å². The minimum Gasteiger partial charge on any atom is -0.481 e. The lowest BCUT2D eigenvalue weighted by atomic mass is 10.2. The first kappa shape index (κ1) is 12.9. The zero-order valence-electron chi connectivity index (χ0n) is 11.4. The van der Waals surface area contributed by atoms with Gasteiger partial charge in [0.2, 0.25) is 5.88 Å². The Hall–Kier alpha value is -2.14. The molecule has 0 saturated heterocycles. The van der Waals surface area contributed by atoms with E-state index < -0.39 is 0 Å². The summed E-state index contributed by atoms with van der Waals surface area (Å²) in [7, 11) is 1.62. The van der Waals surface area contributed by atoms with E-state index in [0.29, 0.717) is 12.4 Å². The maximum atomic E-state index is 5.42. The van der Waals surface area contributed by atoms with Gasteiger partial charge < -0.3 is 14.3 Å². The number of nitrogens with one attached hydrogen (secondary N) is 1. The van der Waals surface area contributed by atoms with Gasteiger partial charge in [-0.25, -0.2) is 4.98 Å². The Morgan fingerprint density at radius 2 is 2.15 bits per heavy atom. The van der Waals surface area contributed by atoms with Gasteiger partial charge in [-0.15, -0.1) is 0 Å². The number of hydrogen-bond donors (Lipinski definition) is 1. The molecule has 0 amide bonds. The summed E-state index contributed by atoms with van der Waals surface area (Å²) in [5.74, 6) is 0.616. The molecule has 0 bridgehead atoms. The van der Waals surface area contributed by atoms with Crippen molar-refractivity contribution in [2.45, 2.75) is 13.5 Å². The van der Waals surface area contributed by atoms with Crippen LogP contribution in [0.4, 0.5) is 0 Å². The van der Waals surface area contributed by atoms with E-state index in [4.69, 9.17) is 17.0 Å². The molecule has 1 aromatic carbocycles. The Morgan fingerprint density at radius 3 is 2.95 bits per heavy atom. The van der Waals surface area contributed by atoms with E-state index in [9.17, 15) is 0 Å². The minimum atomic E-state index is 0.616.